The fraction of sp³-hybridized carbons (Fsp3) is 0.571. The van der Waals surface area contributed by atoms with Crippen molar-refractivity contribution in [2.75, 3.05) is 32.7 Å². The topological polar surface area (TPSA) is 81.8 Å². The van der Waals surface area contributed by atoms with Crippen LogP contribution in [-0.2, 0) is 16.1 Å². The first-order valence-corrected chi connectivity index (χ1v) is 10.3. The molecule has 0 aromatic heterocycles. The summed E-state index contributed by atoms with van der Waals surface area (Å²) in [6.45, 7) is 3.51. The van der Waals surface area contributed by atoms with Crippen LogP contribution < -0.4 is 10.6 Å². The van der Waals surface area contributed by atoms with E-state index in [0.29, 0.717) is 25.2 Å². The number of nitrogens with zero attached hydrogens (tertiary/aromatic N) is 2. The number of piperidine rings is 1. The lowest BCUT2D eigenvalue weighted by molar-refractivity contribution is -0.133. The SMILES string of the molecule is O=C(NCC1CCCN(C(=O)CN2Cc3ccccc3C2=O)C1)C1CCCN1. The highest BCUT2D eigenvalue weighted by Crippen LogP contribution is 2.23. The highest BCUT2D eigenvalue weighted by molar-refractivity contribution is 6.00. The Morgan fingerprint density at radius 1 is 1.18 bits per heavy atom. The van der Waals surface area contributed by atoms with Crippen molar-refractivity contribution in [2.24, 2.45) is 5.92 Å². The summed E-state index contributed by atoms with van der Waals surface area (Å²) < 4.78 is 0. The predicted molar refractivity (Wildman–Crippen MR) is 105 cm³/mol. The van der Waals surface area contributed by atoms with Crippen LogP contribution in [0.15, 0.2) is 24.3 Å². The number of benzene rings is 1. The molecule has 4 rings (SSSR count). The van der Waals surface area contributed by atoms with E-state index in [9.17, 15) is 14.4 Å². The predicted octanol–water partition coefficient (Wildman–Crippen LogP) is 0.749. The maximum Gasteiger partial charge on any atom is 0.254 e. The number of carbonyl (C=O) groups excluding carboxylic acids is 3. The van der Waals surface area contributed by atoms with Crippen LogP contribution in [0.25, 0.3) is 0 Å². The van der Waals surface area contributed by atoms with Crippen LogP contribution in [0.1, 0.15) is 41.6 Å². The smallest absolute Gasteiger partial charge is 0.254 e. The third kappa shape index (κ3) is 4.04. The monoisotopic (exact) mass is 384 g/mol. The fourth-order valence-corrected chi connectivity index (χ4v) is 4.44. The molecule has 2 unspecified atom stereocenters. The molecule has 3 aliphatic rings. The third-order valence-corrected chi connectivity index (χ3v) is 6.04. The third-order valence-electron chi connectivity index (χ3n) is 6.04. The van der Waals surface area contributed by atoms with Gasteiger partial charge in [-0.1, -0.05) is 18.2 Å². The first-order chi connectivity index (χ1) is 13.6. The molecule has 28 heavy (non-hydrogen) atoms. The maximum atomic E-state index is 12.8. The molecule has 1 aromatic carbocycles. The van der Waals surface area contributed by atoms with Gasteiger partial charge in [0, 0.05) is 31.7 Å². The number of carbonyl (C=O) groups is 3. The Hall–Kier alpha value is -2.41. The molecule has 1 aromatic rings. The van der Waals surface area contributed by atoms with E-state index in [1.54, 1.807) is 4.90 Å². The van der Waals surface area contributed by atoms with Gasteiger partial charge in [-0.15, -0.1) is 0 Å². The summed E-state index contributed by atoms with van der Waals surface area (Å²) in [6.07, 6.45) is 3.88. The average molecular weight is 384 g/mol. The van der Waals surface area contributed by atoms with E-state index in [2.05, 4.69) is 10.6 Å². The summed E-state index contributed by atoms with van der Waals surface area (Å²) in [4.78, 5) is 40.9. The van der Waals surface area contributed by atoms with Crippen LogP contribution in [0, 0.1) is 5.92 Å². The second-order valence-electron chi connectivity index (χ2n) is 8.06. The van der Waals surface area contributed by atoms with Crippen molar-refractivity contribution in [3.8, 4) is 0 Å². The van der Waals surface area contributed by atoms with Gasteiger partial charge < -0.3 is 20.4 Å². The van der Waals surface area contributed by atoms with E-state index in [1.165, 1.54) is 0 Å². The van der Waals surface area contributed by atoms with Crippen LogP contribution in [0.5, 0.6) is 0 Å². The van der Waals surface area contributed by atoms with Crippen molar-refractivity contribution in [1.82, 2.24) is 20.4 Å². The minimum Gasteiger partial charge on any atom is -0.354 e. The number of likely N-dealkylation sites (tertiary alicyclic amines) is 1. The van der Waals surface area contributed by atoms with Gasteiger partial charge in [0.05, 0.1) is 6.04 Å². The van der Waals surface area contributed by atoms with Crippen LogP contribution in [0.4, 0.5) is 0 Å². The van der Waals surface area contributed by atoms with Crippen molar-refractivity contribution < 1.29 is 14.4 Å². The van der Waals surface area contributed by atoms with E-state index in [-0.39, 0.29) is 36.2 Å². The van der Waals surface area contributed by atoms with Gasteiger partial charge in [0.15, 0.2) is 0 Å². The number of amides is 3. The molecule has 0 radical (unpaired) electrons. The van der Waals surface area contributed by atoms with Gasteiger partial charge in [-0.3, -0.25) is 14.4 Å². The Morgan fingerprint density at radius 2 is 2.04 bits per heavy atom. The molecule has 2 atom stereocenters. The molecular formula is C21H28N4O3. The number of fused-ring (bicyclic) bond motifs is 1. The fourth-order valence-electron chi connectivity index (χ4n) is 4.44. The number of rotatable bonds is 5. The van der Waals surface area contributed by atoms with Crippen molar-refractivity contribution >= 4 is 17.7 Å². The first-order valence-electron chi connectivity index (χ1n) is 10.3. The Bertz CT molecular complexity index is 760. The van der Waals surface area contributed by atoms with Gasteiger partial charge in [0.2, 0.25) is 11.8 Å². The van der Waals surface area contributed by atoms with Crippen molar-refractivity contribution in [3.63, 3.8) is 0 Å². The van der Waals surface area contributed by atoms with Gasteiger partial charge in [-0.05, 0) is 49.8 Å². The van der Waals surface area contributed by atoms with Crippen molar-refractivity contribution in [3.05, 3.63) is 35.4 Å². The lowest BCUT2D eigenvalue weighted by Crippen LogP contribution is -2.48. The summed E-state index contributed by atoms with van der Waals surface area (Å²) >= 11 is 0. The largest absolute Gasteiger partial charge is 0.354 e. The molecule has 0 bridgehead atoms. The number of hydrogen-bond donors (Lipinski definition) is 2. The first kappa shape index (κ1) is 18.9. The van der Waals surface area contributed by atoms with Crippen molar-refractivity contribution in [2.45, 2.75) is 38.3 Å². The lowest BCUT2D eigenvalue weighted by Gasteiger charge is -2.34. The number of hydrogen-bond acceptors (Lipinski definition) is 4. The van der Waals surface area contributed by atoms with E-state index in [1.807, 2.05) is 29.2 Å². The zero-order valence-electron chi connectivity index (χ0n) is 16.2. The Balaban J connectivity index is 1.27. The lowest BCUT2D eigenvalue weighted by atomic mass is 9.97. The van der Waals surface area contributed by atoms with Crippen molar-refractivity contribution in [1.29, 1.82) is 0 Å². The van der Waals surface area contributed by atoms with Crippen LogP contribution >= 0.6 is 0 Å². The second kappa shape index (κ2) is 8.31. The normalized spacial score (nSPS) is 24.4. The molecule has 3 aliphatic heterocycles. The van der Waals surface area contributed by atoms with Crippen LogP contribution in [0.2, 0.25) is 0 Å². The van der Waals surface area contributed by atoms with E-state index < -0.39 is 0 Å². The highest BCUT2D eigenvalue weighted by atomic mass is 16.2. The molecule has 0 spiro atoms. The Labute approximate surface area is 165 Å². The second-order valence-corrected chi connectivity index (χ2v) is 8.06. The Kier molecular flexibility index (Phi) is 5.62. The molecule has 0 saturated carbocycles. The molecule has 7 heteroatoms. The quantitative estimate of drug-likeness (QED) is 0.785. The molecular weight excluding hydrogens is 356 g/mol. The molecule has 0 aliphatic carbocycles. The summed E-state index contributed by atoms with van der Waals surface area (Å²) in [5, 5.41) is 6.25. The molecule has 2 fully saturated rings. The zero-order chi connectivity index (χ0) is 19.5. The summed E-state index contributed by atoms with van der Waals surface area (Å²) in [5.74, 6) is 0.277. The average Bonchev–Trinajstić information content (AvgIpc) is 3.36. The molecule has 3 amide bonds. The highest BCUT2D eigenvalue weighted by Gasteiger charge is 2.31. The van der Waals surface area contributed by atoms with E-state index in [4.69, 9.17) is 0 Å². The van der Waals surface area contributed by atoms with E-state index >= 15 is 0 Å². The van der Waals surface area contributed by atoms with Crippen LogP contribution in [0.3, 0.4) is 0 Å². The number of nitrogens with one attached hydrogen (secondary N) is 2. The summed E-state index contributed by atoms with van der Waals surface area (Å²) in [7, 11) is 0. The molecule has 2 saturated heterocycles. The Morgan fingerprint density at radius 3 is 2.82 bits per heavy atom. The summed E-state index contributed by atoms with van der Waals surface area (Å²) in [6, 6.07) is 7.47. The molecule has 3 heterocycles. The molecule has 150 valence electrons. The minimum absolute atomic E-state index is 0.00496. The van der Waals surface area contributed by atoms with Gasteiger partial charge in [-0.2, -0.15) is 0 Å². The van der Waals surface area contributed by atoms with Gasteiger partial charge in [0.1, 0.15) is 6.54 Å². The standard InChI is InChI=1S/C21H28N4O3/c26-19(14-25-13-16-6-1-2-7-17(16)21(25)28)24-10-4-5-15(12-24)11-23-20(27)18-8-3-9-22-18/h1-2,6-7,15,18,22H,3-5,8-14H2,(H,23,27). The van der Waals surface area contributed by atoms with E-state index in [0.717, 1.165) is 44.3 Å². The molecule has 7 nitrogen and oxygen atoms in total. The van der Waals surface area contributed by atoms with Gasteiger partial charge in [0.25, 0.3) is 5.91 Å². The minimum atomic E-state index is -0.0656. The van der Waals surface area contributed by atoms with Gasteiger partial charge >= 0.3 is 0 Å². The summed E-state index contributed by atoms with van der Waals surface area (Å²) in [5.41, 5.74) is 1.69. The maximum absolute atomic E-state index is 12.8. The van der Waals surface area contributed by atoms with Gasteiger partial charge in [-0.25, -0.2) is 0 Å². The van der Waals surface area contributed by atoms with Crippen LogP contribution in [-0.4, -0.2) is 66.3 Å². The zero-order valence-corrected chi connectivity index (χ0v) is 16.2. The molecule has 2 N–H and O–H groups in total.